The predicted octanol–water partition coefficient (Wildman–Crippen LogP) is 4.22. The van der Waals surface area contributed by atoms with E-state index in [0.29, 0.717) is 16.9 Å². The summed E-state index contributed by atoms with van der Waals surface area (Å²) >= 11 is 3.35. The lowest BCUT2D eigenvalue weighted by atomic mass is 10.1. The fourth-order valence-electron chi connectivity index (χ4n) is 1.96. The van der Waals surface area contributed by atoms with E-state index in [9.17, 15) is 9.00 Å². The largest absolute Gasteiger partial charge is 0.293 e. The van der Waals surface area contributed by atoms with Crippen molar-refractivity contribution in [2.75, 3.05) is 0 Å². The number of carbonyl (C=O) groups is 1. The standard InChI is InChI=1S/C16H15BrO2S/c1-2-15(16(18)12-6-4-3-5-7-12)20(19)14-10-8-13(17)9-11-14/h3-11,15H,2H2,1H3. The number of Topliss-reactive ketones (excluding diaryl/α,β-unsaturated/α-hetero) is 1. The minimum atomic E-state index is -1.33. The third kappa shape index (κ3) is 3.44. The molecule has 0 aliphatic heterocycles. The van der Waals surface area contributed by atoms with Gasteiger partial charge in [-0.15, -0.1) is 0 Å². The molecule has 2 unspecified atom stereocenters. The average Bonchev–Trinajstić information content (AvgIpc) is 2.49. The Morgan fingerprint density at radius 2 is 1.70 bits per heavy atom. The van der Waals surface area contributed by atoms with Crippen molar-refractivity contribution in [1.82, 2.24) is 0 Å². The van der Waals surface area contributed by atoms with Crippen molar-refractivity contribution in [3.63, 3.8) is 0 Å². The third-order valence-corrected chi connectivity index (χ3v) is 5.36. The Kier molecular flexibility index (Phi) is 5.26. The smallest absolute Gasteiger partial charge is 0.178 e. The number of benzene rings is 2. The highest BCUT2D eigenvalue weighted by Gasteiger charge is 2.25. The van der Waals surface area contributed by atoms with Crippen molar-refractivity contribution in [3.05, 3.63) is 64.6 Å². The maximum atomic E-state index is 12.6. The van der Waals surface area contributed by atoms with E-state index < -0.39 is 16.0 Å². The Balaban J connectivity index is 2.26. The molecule has 0 bridgehead atoms. The van der Waals surface area contributed by atoms with E-state index in [2.05, 4.69) is 15.9 Å². The Morgan fingerprint density at radius 1 is 1.10 bits per heavy atom. The van der Waals surface area contributed by atoms with Crippen molar-refractivity contribution < 1.29 is 9.00 Å². The highest BCUT2D eigenvalue weighted by atomic mass is 79.9. The number of halogens is 1. The normalized spacial score (nSPS) is 13.7. The molecule has 0 saturated heterocycles. The first-order chi connectivity index (χ1) is 9.63. The lowest BCUT2D eigenvalue weighted by molar-refractivity contribution is 0.0986. The van der Waals surface area contributed by atoms with Gasteiger partial charge in [-0.2, -0.15) is 0 Å². The number of hydrogen-bond acceptors (Lipinski definition) is 2. The average molecular weight is 351 g/mol. The van der Waals surface area contributed by atoms with Crippen LogP contribution in [0.2, 0.25) is 0 Å². The van der Waals surface area contributed by atoms with Crippen molar-refractivity contribution in [1.29, 1.82) is 0 Å². The molecule has 0 spiro atoms. The van der Waals surface area contributed by atoms with Crippen molar-refractivity contribution in [3.8, 4) is 0 Å². The lowest BCUT2D eigenvalue weighted by Crippen LogP contribution is -2.25. The van der Waals surface area contributed by atoms with E-state index in [1.807, 2.05) is 37.3 Å². The van der Waals surface area contributed by atoms with Gasteiger partial charge in [0.25, 0.3) is 0 Å². The monoisotopic (exact) mass is 350 g/mol. The minimum absolute atomic E-state index is 0.0608. The van der Waals surface area contributed by atoms with Crippen molar-refractivity contribution in [2.24, 2.45) is 0 Å². The van der Waals surface area contributed by atoms with Gasteiger partial charge < -0.3 is 0 Å². The zero-order valence-electron chi connectivity index (χ0n) is 11.1. The van der Waals surface area contributed by atoms with Crippen molar-refractivity contribution in [2.45, 2.75) is 23.5 Å². The van der Waals surface area contributed by atoms with Crippen LogP contribution in [0.15, 0.2) is 64.0 Å². The van der Waals surface area contributed by atoms with E-state index in [1.165, 1.54) is 0 Å². The molecule has 0 heterocycles. The Hall–Kier alpha value is -1.26. The number of carbonyl (C=O) groups excluding carboxylic acids is 1. The molecule has 0 amide bonds. The van der Waals surface area contributed by atoms with Crippen LogP contribution in [0.25, 0.3) is 0 Å². The van der Waals surface area contributed by atoms with E-state index in [4.69, 9.17) is 0 Å². The molecule has 2 aromatic rings. The van der Waals surface area contributed by atoms with Crippen LogP contribution in [-0.2, 0) is 10.8 Å². The van der Waals surface area contributed by atoms with Gasteiger partial charge in [0.2, 0.25) is 0 Å². The highest BCUT2D eigenvalue weighted by molar-refractivity contribution is 9.10. The van der Waals surface area contributed by atoms with Gasteiger partial charge in [-0.05, 0) is 30.7 Å². The summed E-state index contributed by atoms with van der Waals surface area (Å²) in [4.78, 5) is 13.1. The molecule has 2 aromatic carbocycles. The maximum absolute atomic E-state index is 12.6. The van der Waals surface area contributed by atoms with E-state index in [1.54, 1.807) is 24.3 Å². The topological polar surface area (TPSA) is 34.1 Å². The molecule has 0 N–H and O–H groups in total. The molecule has 0 aromatic heterocycles. The second-order valence-electron chi connectivity index (χ2n) is 4.38. The van der Waals surface area contributed by atoms with Gasteiger partial charge in [0.1, 0.15) is 5.25 Å². The number of hydrogen-bond donors (Lipinski definition) is 0. The minimum Gasteiger partial charge on any atom is -0.293 e. The van der Waals surface area contributed by atoms with Gasteiger partial charge >= 0.3 is 0 Å². The van der Waals surface area contributed by atoms with Crippen LogP contribution in [-0.4, -0.2) is 15.2 Å². The fraction of sp³-hybridized carbons (Fsp3) is 0.188. The summed E-state index contributed by atoms with van der Waals surface area (Å²) in [6.45, 7) is 1.89. The van der Waals surface area contributed by atoms with Crippen LogP contribution in [0, 0.1) is 0 Å². The quantitative estimate of drug-likeness (QED) is 0.756. The molecule has 2 rings (SSSR count). The summed E-state index contributed by atoms with van der Waals surface area (Å²) in [7, 11) is -1.33. The summed E-state index contributed by atoms with van der Waals surface area (Å²) in [6.07, 6.45) is 0.552. The van der Waals surface area contributed by atoms with Crippen LogP contribution >= 0.6 is 15.9 Å². The maximum Gasteiger partial charge on any atom is 0.178 e. The number of rotatable bonds is 5. The van der Waals surface area contributed by atoms with Gasteiger partial charge in [-0.25, -0.2) is 0 Å². The molecule has 2 nitrogen and oxygen atoms in total. The molecule has 0 fully saturated rings. The van der Waals surface area contributed by atoms with Crippen LogP contribution in [0.4, 0.5) is 0 Å². The Labute approximate surface area is 129 Å². The van der Waals surface area contributed by atoms with Crippen molar-refractivity contribution >= 4 is 32.5 Å². The first-order valence-corrected chi connectivity index (χ1v) is 8.39. The SMILES string of the molecule is CCC(C(=O)c1ccccc1)S(=O)c1ccc(Br)cc1. The van der Waals surface area contributed by atoms with Gasteiger partial charge in [-0.3, -0.25) is 9.00 Å². The molecule has 0 aliphatic rings. The van der Waals surface area contributed by atoms with E-state index in [-0.39, 0.29) is 5.78 Å². The Bertz CT molecular complexity index is 608. The highest BCUT2D eigenvalue weighted by Crippen LogP contribution is 2.20. The third-order valence-electron chi connectivity index (χ3n) is 3.03. The first-order valence-electron chi connectivity index (χ1n) is 6.39. The summed E-state index contributed by atoms with van der Waals surface area (Å²) < 4.78 is 13.5. The van der Waals surface area contributed by atoms with Gasteiger partial charge in [0.05, 0.1) is 10.8 Å². The summed E-state index contributed by atoms with van der Waals surface area (Å²) in [5, 5.41) is -0.501. The molecular weight excluding hydrogens is 336 g/mol. The first kappa shape index (κ1) is 15.1. The summed E-state index contributed by atoms with van der Waals surface area (Å²) in [5.41, 5.74) is 0.616. The Morgan fingerprint density at radius 3 is 2.25 bits per heavy atom. The van der Waals surface area contributed by atoms with Crippen LogP contribution in [0.1, 0.15) is 23.7 Å². The fourth-order valence-corrected chi connectivity index (χ4v) is 3.59. The predicted molar refractivity (Wildman–Crippen MR) is 85.4 cm³/mol. The molecule has 0 saturated carbocycles. The second kappa shape index (κ2) is 6.95. The molecule has 0 radical (unpaired) electrons. The van der Waals surface area contributed by atoms with Crippen LogP contribution < -0.4 is 0 Å². The van der Waals surface area contributed by atoms with E-state index in [0.717, 1.165) is 4.47 Å². The van der Waals surface area contributed by atoms with Gasteiger partial charge in [0.15, 0.2) is 5.78 Å². The molecular formula is C16H15BrO2S. The molecule has 0 aliphatic carbocycles. The van der Waals surface area contributed by atoms with Crippen LogP contribution in [0.5, 0.6) is 0 Å². The summed E-state index contributed by atoms with van der Waals surface area (Å²) in [6, 6.07) is 16.3. The van der Waals surface area contributed by atoms with E-state index >= 15 is 0 Å². The molecule has 104 valence electrons. The zero-order valence-corrected chi connectivity index (χ0v) is 13.5. The second-order valence-corrected chi connectivity index (χ2v) is 6.93. The lowest BCUT2D eigenvalue weighted by Gasteiger charge is -2.13. The van der Waals surface area contributed by atoms with Gasteiger partial charge in [-0.1, -0.05) is 53.2 Å². The summed E-state index contributed by atoms with van der Waals surface area (Å²) in [5.74, 6) is -0.0608. The number of ketones is 1. The van der Waals surface area contributed by atoms with Crippen LogP contribution in [0.3, 0.4) is 0 Å². The molecule has 20 heavy (non-hydrogen) atoms. The van der Waals surface area contributed by atoms with Gasteiger partial charge in [0, 0.05) is 14.9 Å². The molecule has 2 atom stereocenters. The zero-order chi connectivity index (χ0) is 14.5. The molecule has 4 heteroatoms.